The van der Waals surface area contributed by atoms with Crippen molar-refractivity contribution in [1.29, 1.82) is 0 Å². The highest BCUT2D eigenvalue weighted by molar-refractivity contribution is 5.89. The first kappa shape index (κ1) is 21.6. The maximum atomic E-state index is 13.6. The standard InChI is InChI=1S/C21H27F3N2O3/c1-3-29-18(27)13(2)20(8-6-17(25)11-20)19(28)26-9-7-14-4-5-16(21(22,23)24)10-15(14)12-26/h4-5,10,13,17H,3,6-9,11-12,25H2,1-2H3/t13?,17-,20+/m1/s1. The summed E-state index contributed by atoms with van der Waals surface area (Å²) in [5.41, 5.74) is 5.72. The highest BCUT2D eigenvalue weighted by atomic mass is 19.4. The number of fused-ring (bicyclic) bond motifs is 1. The van der Waals surface area contributed by atoms with E-state index in [0.29, 0.717) is 37.8 Å². The van der Waals surface area contributed by atoms with Gasteiger partial charge in [0.05, 0.1) is 23.5 Å². The number of alkyl halides is 3. The molecule has 0 spiro atoms. The molecule has 160 valence electrons. The highest BCUT2D eigenvalue weighted by Gasteiger charge is 2.53. The van der Waals surface area contributed by atoms with Gasteiger partial charge in [-0.05, 0) is 55.9 Å². The van der Waals surface area contributed by atoms with Gasteiger partial charge < -0.3 is 15.4 Å². The van der Waals surface area contributed by atoms with E-state index in [1.807, 2.05) is 0 Å². The predicted octanol–water partition coefficient (Wildman–Crippen LogP) is 3.29. The number of rotatable bonds is 4. The molecule has 1 aromatic carbocycles. The molecule has 0 aromatic heterocycles. The van der Waals surface area contributed by atoms with Gasteiger partial charge >= 0.3 is 12.1 Å². The number of halogens is 3. The van der Waals surface area contributed by atoms with Crippen LogP contribution in [0, 0.1) is 11.3 Å². The van der Waals surface area contributed by atoms with Gasteiger partial charge in [-0.25, -0.2) is 0 Å². The van der Waals surface area contributed by atoms with Crippen molar-refractivity contribution in [3.63, 3.8) is 0 Å². The summed E-state index contributed by atoms with van der Waals surface area (Å²) in [6.45, 7) is 4.12. The topological polar surface area (TPSA) is 72.6 Å². The lowest BCUT2D eigenvalue weighted by atomic mass is 9.72. The molecule has 1 aliphatic carbocycles. The van der Waals surface area contributed by atoms with Gasteiger partial charge in [0.1, 0.15) is 0 Å². The summed E-state index contributed by atoms with van der Waals surface area (Å²) in [4.78, 5) is 27.6. The molecule has 2 N–H and O–H groups in total. The minimum absolute atomic E-state index is 0.102. The lowest BCUT2D eigenvalue weighted by Gasteiger charge is -2.39. The van der Waals surface area contributed by atoms with Crippen LogP contribution >= 0.6 is 0 Å². The van der Waals surface area contributed by atoms with Crippen LogP contribution in [0.5, 0.6) is 0 Å². The Hall–Kier alpha value is -2.09. The number of nitrogens with two attached hydrogens (primary N) is 1. The Morgan fingerprint density at radius 3 is 2.66 bits per heavy atom. The maximum absolute atomic E-state index is 13.6. The second-order valence-corrected chi connectivity index (χ2v) is 8.09. The molecule has 2 aliphatic rings. The fraction of sp³-hybridized carbons (Fsp3) is 0.619. The largest absolute Gasteiger partial charge is 0.466 e. The first-order valence-electron chi connectivity index (χ1n) is 9.99. The average Bonchev–Trinajstić information content (AvgIpc) is 3.08. The van der Waals surface area contributed by atoms with Gasteiger partial charge in [-0.1, -0.05) is 13.0 Å². The van der Waals surface area contributed by atoms with E-state index in [2.05, 4.69) is 0 Å². The van der Waals surface area contributed by atoms with Crippen molar-refractivity contribution in [2.45, 2.75) is 58.3 Å². The number of nitrogens with zero attached hydrogens (tertiary/aromatic N) is 1. The number of ether oxygens (including phenoxy) is 1. The molecule has 1 unspecified atom stereocenters. The van der Waals surface area contributed by atoms with Crippen LogP contribution < -0.4 is 5.73 Å². The van der Waals surface area contributed by atoms with Gasteiger partial charge in [-0.2, -0.15) is 13.2 Å². The number of carbonyl (C=O) groups excluding carboxylic acids is 2. The molecule has 1 aliphatic heterocycles. The zero-order chi connectivity index (χ0) is 21.4. The molecule has 1 saturated carbocycles. The van der Waals surface area contributed by atoms with E-state index < -0.39 is 29.0 Å². The number of benzene rings is 1. The summed E-state index contributed by atoms with van der Waals surface area (Å²) < 4.78 is 44.4. The highest BCUT2D eigenvalue weighted by Crippen LogP contribution is 2.46. The van der Waals surface area contributed by atoms with Crippen molar-refractivity contribution in [2.24, 2.45) is 17.1 Å². The van der Waals surface area contributed by atoms with Gasteiger partial charge in [0.2, 0.25) is 5.91 Å². The van der Waals surface area contributed by atoms with Gasteiger partial charge in [0.25, 0.3) is 0 Å². The van der Waals surface area contributed by atoms with E-state index in [0.717, 1.165) is 17.7 Å². The Labute approximate surface area is 168 Å². The van der Waals surface area contributed by atoms with Crippen LogP contribution in [0.4, 0.5) is 13.2 Å². The Kier molecular flexibility index (Phi) is 5.94. The molecular formula is C21H27F3N2O3. The number of amides is 1. The number of carbonyl (C=O) groups is 2. The third-order valence-corrected chi connectivity index (χ3v) is 6.32. The Bertz CT molecular complexity index is 796. The zero-order valence-electron chi connectivity index (χ0n) is 16.7. The van der Waals surface area contributed by atoms with E-state index in [1.165, 1.54) is 6.07 Å². The third kappa shape index (κ3) is 4.13. The fourth-order valence-corrected chi connectivity index (χ4v) is 4.60. The van der Waals surface area contributed by atoms with Crippen LogP contribution in [0.15, 0.2) is 18.2 Å². The molecule has 0 bridgehead atoms. The molecule has 1 heterocycles. The summed E-state index contributed by atoms with van der Waals surface area (Å²) in [5, 5.41) is 0. The SMILES string of the molecule is CCOC(=O)C(C)[C@]1(C(=O)N2CCc3ccc(C(F)(F)F)cc3C2)CC[C@@H](N)C1. The summed E-state index contributed by atoms with van der Waals surface area (Å²) in [5.74, 6) is -1.31. The van der Waals surface area contributed by atoms with Crippen molar-refractivity contribution < 1.29 is 27.5 Å². The molecule has 5 nitrogen and oxygen atoms in total. The number of esters is 1. The van der Waals surface area contributed by atoms with Crippen LogP contribution in [0.25, 0.3) is 0 Å². The summed E-state index contributed by atoms with van der Waals surface area (Å²) >= 11 is 0. The van der Waals surface area contributed by atoms with Crippen molar-refractivity contribution in [2.75, 3.05) is 13.2 Å². The smallest absolute Gasteiger partial charge is 0.416 e. The minimum atomic E-state index is -4.43. The molecule has 3 rings (SSSR count). The molecule has 29 heavy (non-hydrogen) atoms. The third-order valence-electron chi connectivity index (χ3n) is 6.32. The van der Waals surface area contributed by atoms with Crippen LogP contribution in [0.3, 0.4) is 0 Å². The zero-order valence-corrected chi connectivity index (χ0v) is 16.7. The quantitative estimate of drug-likeness (QED) is 0.771. The summed E-state index contributed by atoms with van der Waals surface area (Å²) in [6, 6.07) is 3.50. The average molecular weight is 412 g/mol. The Morgan fingerprint density at radius 2 is 2.07 bits per heavy atom. The van der Waals surface area contributed by atoms with Gasteiger partial charge in [0, 0.05) is 19.1 Å². The van der Waals surface area contributed by atoms with E-state index in [1.54, 1.807) is 18.7 Å². The van der Waals surface area contributed by atoms with Crippen molar-refractivity contribution in [3.8, 4) is 0 Å². The normalized spacial score (nSPS) is 25.4. The molecule has 3 atom stereocenters. The predicted molar refractivity (Wildman–Crippen MR) is 101 cm³/mol. The Morgan fingerprint density at radius 1 is 1.34 bits per heavy atom. The lowest BCUT2D eigenvalue weighted by Crippen LogP contribution is -2.50. The van der Waals surface area contributed by atoms with E-state index in [-0.39, 0.29) is 25.1 Å². The van der Waals surface area contributed by atoms with Crippen molar-refractivity contribution in [3.05, 3.63) is 34.9 Å². The Balaban J connectivity index is 1.87. The molecule has 1 aromatic rings. The maximum Gasteiger partial charge on any atom is 0.416 e. The van der Waals surface area contributed by atoms with Crippen molar-refractivity contribution >= 4 is 11.9 Å². The van der Waals surface area contributed by atoms with Gasteiger partial charge in [0.15, 0.2) is 0 Å². The van der Waals surface area contributed by atoms with E-state index >= 15 is 0 Å². The molecule has 1 amide bonds. The van der Waals surface area contributed by atoms with E-state index in [9.17, 15) is 22.8 Å². The number of hydrogen-bond acceptors (Lipinski definition) is 4. The molecule has 1 fully saturated rings. The first-order valence-corrected chi connectivity index (χ1v) is 9.99. The van der Waals surface area contributed by atoms with Crippen LogP contribution in [-0.4, -0.2) is 36.0 Å². The van der Waals surface area contributed by atoms with Gasteiger partial charge in [-0.3, -0.25) is 9.59 Å². The van der Waals surface area contributed by atoms with Gasteiger partial charge in [-0.15, -0.1) is 0 Å². The lowest BCUT2D eigenvalue weighted by molar-refractivity contribution is -0.161. The molecule has 0 radical (unpaired) electrons. The van der Waals surface area contributed by atoms with Crippen LogP contribution in [-0.2, 0) is 33.5 Å². The van der Waals surface area contributed by atoms with Crippen LogP contribution in [0.1, 0.15) is 49.8 Å². The molecule has 8 heteroatoms. The number of hydrogen-bond donors (Lipinski definition) is 1. The first-order chi connectivity index (χ1) is 13.6. The second kappa shape index (κ2) is 7.97. The molecule has 0 saturated heterocycles. The second-order valence-electron chi connectivity index (χ2n) is 8.09. The monoisotopic (exact) mass is 412 g/mol. The molecular weight excluding hydrogens is 385 g/mol. The summed E-state index contributed by atoms with van der Waals surface area (Å²) in [7, 11) is 0. The fourth-order valence-electron chi connectivity index (χ4n) is 4.60. The minimum Gasteiger partial charge on any atom is -0.466 e. The van der Waals surface area contributed by atoms with E-state index in [4.69, 9.17) is 10.5 Å². The summed E-state index contributed by atoms with van der Waals surface area (Å²) in [6.07, 6.45) is -2.48. The van der Waals surface area contributed by atoms with Crippen LogP contribution in [0.2, 0.25) is 0 Å². The van der Waals surface area contributed by atoms with Crippen molar-refractivity contribution in [1.82, 2.24) is 4.90 Å².